The van der Waals surface area contributed by atoms with Crippen LogP contribution in [0, 0.1) is 0 Å². The van der Waals surface area contributed by atoms with Gasteiger partial charge in [0.2, 0.25) is 5.91 Å². The van der Waals surface area contributed by atoms with Gasteiger partial charge in [0.05, 0.1) is 12.1 Å². The second-order valence-corrected chi connectivity index (χ2v) is 5.87. The van der Waals surface area contributed by atoms with Crippen molar-refractivity contribution >= 4 is 28.9 Å². The zero-order valence-electron chi connectivity index (χ0n) is 13.7. The summed E-state index contributed by atoms with van der Waals surface area (Å²) in [6, 6.07) is 16.2. The fraction of sp³-hybridized carbons (Fsp3) is 0.222. The maximum Gasteiger partial charge on any atom is 0.253 e. The van der Waals surface area contributed by atoms with Crippen LogP contribution in [0.25, 0.3) is 0 Å². The molecule has 0 aromatic heterocycles. The van der Waals surface area contributed by atoms with Gasteiger partial charge in [0.25, 0.3) is 5.91 Å². The lowest BCUT2D eigenvalue weighted by molar-refractivity contribution is -0.121. The van der Waals surface area contributed by atoms with Crippen molar-refractivity contribution in [2.24, 2.45) is 0 Å². The third kappa shape index (κ3) is 3.23. The number of carbonyl (C=O) groups is 2. The molecule has 1 aliphatic rings. The van der Waals surface area contributed by atoms with Crippen LogP contribution in [-0.2, 0) is 9.59 Å². The highest BCUT2D eigenvalue weighted by Crippen LogP contribution is 2.25. The van der Waals surface area contributed by atoms with E-state index in [4.69, 9.17) is 0 Å². The van der Waals surface area contributed by atoms with Crippen molar-refractivity contribution in [2.45, 2.75) is 12.5 Å². The Labute approximate surface area is 141 Å². The summed E-state index contributed by atoms with van der Waals surface area (Å²) in [7, 11) is 3.88. The van der Waals surface area contributed by atoms with E-state index < -0.39 is 6.04 Å². The quantitative estimate of drug-likeness (QED) is 0.650. The molecule has 0 bridgehead atoms. The van der Waals surface area contributed by atoms with Crippen LogP contribution >= 0.6 is 0 Å². The Morgan fingerprint density at radius 2 is 1.67 bits per heavy atom. The molecule has 0 saturated carbocycles. The van der Waals surface area contributed by atoms with Gasteiger partial charge in [-0.15, -0.1) is 0 Å². The number of hydrogen-bond acceptors (Lipinski definition) is 5. The Kier molecular flexibility index (Phi) is 4.48. The van der Waals surface area contributed by atoms with Gasteiger partial charge in [0, 0.05) is 25.5 Å². The first-order chi connectivity index (χ1) is 11.6. The van der Waals surface area contributed by atoms with Crippen LogP contribution in [0.3, 0.4) is 0 Å². The zero-order valence-corrected chi connectivity index (χ0v) is 13.7. The average molecular weight is 324 g/mol. The van der Waals surface area contributed by atoms with Crippen LogP contribution in [0.15, 0.2) is 54.6 Å². The average Bonchev–Trinajstić information content (AvgIpc) is 2.88. The summed E-state index contributed by atoms with van der Waals surface area (Å²) < 4.78 is 0. The number of nitrogens with one attached hydrogen (secondary N) is 2. The van der Waals surface area contributed by atoms with Crippen molar-refractivity contribution in [2.75, 3.05) is 29.3 Å². The third-order valence-corrected chi connectivity index (χ3v) is 3.94. The predicted molar refractivity (Wildman–Crippen MR) is 94.9 cm³/mol. The Balaban J connectivity index is 1.69. The van der Waals surface area contributed by atoms with E-state index in [0.717, 1.165) is 11.4 Å². The maximum atomic E-state index is 12.5. The molecular formula is C18H20N4O2. The second kappa shape index (κ2) is 6.72. The molecule has 6 heteroatoms. The monoisotopic (exact) mass is 324 g/mol. The number of amides is 2. The van der Waals surface area contributed by atoms with Crippen LogP contribution in [0.5, 0.6) is 0 Å². The van der Waals surface area contributed by atoms with Crippen molar-refractivity contribution in [1.29, 1.82) is 0 Å². The van der Waals surface area contributed by atoms with Crippen LogP contribution in [-0.4, -0.2) is 32.0 Å². The van der Waals surface area contributed by atoms with Gasteiger partial charge in [0.15, 0.2) is 0 Å². The summed E-state index contributed by atoms with van der Waals surface area (Å²) in [4.78, 5) is 28.0. The van der Waals surface area contributed by atoms with E-state index in [2.05, 4.69) is 10.9 Å². The SMILES string of the molecule is CN(C)c1ccc(N2C(=O)CC(NNc3ccccc3)C2=O)cc1. The highest BCUT2D eigenvalue weighted by atomic mass is 16.2. The van der Waals surface area contributed by atoms with Crippen LogP contribution in [0.2, 0.25) is 0 Å². The number of benzene rings is 2. The zero-order chi connectivity index (χ0) is 17.1. The van der Waals surface area contributed by atoms with E-state index >= 15 is 0 Å². The van der Waals surface area contributed by atoms with E-state index in [1.54, 1.807) is 12.1 Å². The molecule has 1 atom stereocenters. The normalized spacial score (nSPS) is 17.2. The molecule has 2 aromatic rings. The van der Waals surface area contributed by atoms with E-state index in [0.29, 0.717) is 5.69 Å². The van der Waals surface area contributed by atoms with E-state index in [9.17, 15) is 9.59 Å². The number of anilines is 3. The maximum absolute atomic E-state index is 12.5. The molecule has 2 aromatic carbocycles. The van der Waals surface area contributed by atoms with Gasteiger partial charge in [0.1, 0.15) is 6.04 Å². The number of hydrogen-bond donors (Lipinski definition) is 2. The number of imide groups is 1. The lowest BCUT2D eigenvalue weighted by atomic mass is 10.2. The summed E-state index contributed by atoms with van der Waals surface area (Å²) in [5.74, 6) is -0.453. The molecule has 1 heterocycles. The number of carbonyl (C=O) groups excluding carboxylic acids is 2. The van der Waals surface area contributed by atoms with Crippen molar-refractivity contribution in [3.63, 3.8) is 0 Å². The van der Waals surface area contributed by atoms with Gasteiger partial charge in [-0.2, -0.15) is 0 Å². The molecule has 3 rings (SSSR count). The second-order valence-electron chi connectivity index (χ2n) is 5.87. The fourth-order valence-electron chi connectivity index (χ4n) is 2.61. The van der Waals surface area contributed by atoms with Gasteiger partial charge in [-0.3, -0.25) is 9.59 Å². The van der Waals surface area contributed by atoms with Crippen molar-refractivity contribution in [3.8, 4) is 0 Å². The third-order valence-electron chi connectivity index (χ3n) is 3.94. The molecule has 124 valence electrons. The molecule has 1 unspecified atom stereocenters. The topological polar surface area (TPSA) is 64.7 Å². The lowest BCUT2D eigenvalue weighted by Gasteiger charge is -2.18. The highest BCUT2D eigenvalue weighted by Gasteiger charge is 2.39. The minimum atomic E-state index is -0.578. The van der Waals surface area contributed by atoms with E-state index in [1.165, 1.54) is 4.90 Å². The largest absolute Gasteiger partial charge is 0.378 e. The molecule has 24 heavy (non-hydrogen) atoms. The molecule has 0 radical (unpaired) electrons. The van der Waals surface area contributed by atoms with Crippen molar-refractivity contribution in [3.05, 3.63) is 54.6 Å². The number of hydrazine groups is 1. The molecule has 1 aliphatic heterocycles. The summed E-state index contributed by atoms with van der Waals surface area (Å²) in [6.45, 7) is 0. The van der Waals surface area contributed by atoms with Gasteiger partial charge in [-0.05, 0) is 36.4 Å². The summed E-state index contributed by atoms with van der Waals surface area (Å²) in [5, 5.41) is 0. The Morgan fingerprint density at radius 3 is 2.29 bits per heavy atom. The first-order valence-corrected chi connectivity index (χ1v) is 7.77. The summed E-state index contributed by atoms with van der Waals surface area (Å²) >= 11 is 0. The fourth-order valence-corrected chi connectivity index (χ4v) is 2.61. The molecule has 1 saturated heterocycles. The van der Waals surface area contributed by atoms with Crippen LogP contribution in [0.1, 0.15) is 6.42 Å². The van der Waals surface area contributed by atoms with Crippen molar-refractivity contribution in [1.82, 2.24) is 5.43 Å². The van der Waals surface area contributed by atoms with Crippen LogP contribution < -0.4 is 20.7 Å². The predicted octanol–water partition coefficient (Wildman–Crippen LogP) is 2.00. The van der Waals surface area contributed by atoms with E-state index in [-0.39, 0.29) is 18.2 Å². The Bertz CT molecular complexity index is 728. The standard InChI is InChI=1S/C18H20N4O2/c1-21(2)14-8-10-15(11-9-14)22-17(23)12-16(18(22)24)20-19-13-6-4-3-5-7-13/h3-11,16,19-20H,12H2,1-2H3. The van der Waals surface area contributed by atoms with Gasteiger partial charge < -0.3 is 10.3 Å². The molecule has 2 N–H and O–H groups in total. The number of para-hydroxylation sites is 1. The highest BCUT2D eigenvalue weighted by molar-refractivity contribution is 6.22. The molecule has 1 fully saturated rings. The number of rotatable bonds is 5. The molecule has 0 spiro atoms. The first-order valence-electron chi connectivity index (χ1n) is 7.77. The van der Waals surface area contributed by atoms with Gasteiger partial charge >= 0.3 is 0 Å². The van der Waals surface area contributed by atoms with Crippen LogP contribution in [0.4, 0.5) is 17.1 Å². The van der Waals surface area contributed by atoms with Crippen molar-refractivity contribution < 1.29 is 9.59 Å². The lowest BCUT2D eigenvalue weighted by Crippen LogP contribution is -2.41. The summed E-state index contributed by atoms with van der Waals surface area (Å²) in [5.41, 5.74) is 8.36. The Morgan fingerprint density at radius 1 is 1.00 bits per heavy atom. The van der Waals surface area contributed by atoms with E-state index in [1.807, 2.05) is 61.5 Å². The number of nitrogens with zero attached hydrogens (tertiary/aromatic N) is 2. The minimum Gasteiger partial charge on any atom is -0.378 e. The molecule has 0 aliphatic carbocycles. The minimum absolute atomic E-state index is 0.133. The summed E-state index contributed by atoms with van der Waals surface area (Å²) in [6.07, 6.45) is 0.133. The smallest absolute Gasteiger partial charge is 0.253 e. The Hall–Kier alpha value is -2.86. The first kappa shape index (κ1) is 16.0. The molecule has 6 nitrogen and oxygen atoms in total. The van der Waals surface area contributed by atoms with Gasteiger partial charge in [-0.1, -0.05) is 18.2 Å². The molecular weight excluding hydrogens is 304 g/mol. The van der Waals surface area contributed by atoms with Gasteiger partial charge in [-0.25, -0.2) is 10.3 Å². The molecule has 2 amide bonds.